The third-order valence-corrected chi connectivity index (χ3v) is 4.25. The lowest BCUT2D eigenvalue weighted by atomic mass is 9.89. The Morgan fingerprint density at radius 1 is 1.43 bits per heavy atom. The molecule has 0 bridgehead atoms. The van der Waals surface area contributed by atoms with Crippen molar-refractivity contribution in [3.8, 4) is 6.07 Å². The number of nitriles is 1. The van der Waals surface area contributed by atoms with Crippen LogP contribution in [0.3, 0.4) is 0 Å². The van der Waals surface area contributed by atoms with Gasteiger partial charge in [0.1, 0.15) is 17.4 Å². The van der Waals surface area contributed by atoms with Crippen LogP contribution < -0.4 is 4.90 Å². The first-order valence-electron chi connectivity index (χ1n) is 7.77. The Hall–Kier alpha value is -2.46. The third kappa shape index (κ3) is 2.90. The minimum absolute atomic E-state index is 0.199. The molecule has 1 aliphatic heterocycles. The fourth-order valence-electron chi connectivity index (χ4n) is 2.94. The zero-order valence-corrected chi connectivity index (χ0v) is 13.3. The van der Waals surface area contributed by atoms with Gasteiger partial charge in [-0.3, -0.25) is 4.98 Å². The molecule has 0 spiro atoms. The summed E-state index contributed by atoms with van der Waals surface area (Å²) in [5.41, 5.74) is 0.851. The highest BCUT2D eigenvalue weighted by Gasteiger charge is 2.38. The molecule has 23 heavy (non-hydrogen) atoms. The highest BCUT2D eigenvalue weighted by molar-refractivity contribution is 5.58. The zero-order chi connectivity index (χ0) is 16.4. The second kappa shape index (κ2) is 5.97. The average Bonchev–Trinajstić information content (AvgIpc) is 3.06. The van der Waals surface area contributed by atoms with Gasteiger partial charge in [-0.05, 0) is 32.8 Å². The number of piperidine rings is 1. The molecule has 3 heterocycles. The zero-order valence-electron chi connectivity index (χ0n) is 13.3. The summed E-state index contributed by atoms with van der Waals surface area (Å²) in [5, 5.41) is 28.6. The second-order valence-corrected chi connectivity index (χ2v) is 6.24. The summed E-state index contributed by atoms with van der Waals surface area (Å²) < 4.78 is 1.75. The molecule has 120 valence electrons. The van der Waals surface area contributed by atoms with Gasteiger partial charge in [-0.25, -0.2) is 4.68 Å². The number of hydrogen-bond acceptors (Lipinski definition) is 6. The van der Waals surface area contributed by atoms with Crippen molar-refractivity contribution in [1.82, 2.24) is 20.0 Å². The molecule has 0 radical (unpaired) electrons. The number of hydrogen-bond donors (Lipinski definition) is 1. The van der Waals surface area contributed by atoms with Crippen molar-refractivity contribution in [3.05, 3.63) is 35.9 Å². The number of nitrogens with zero attached hydrogens (tertiary/aromatic N) is 6. The number of β-amino-alcohol motifs (C(OH)–C–C–N with tert-alkyl or cyclic N) is 1. The van der Waals surface area contributed by atoms with Crippen LogP contribution in [0.2, 0.25) is 0 Å². The van der Waals surface area contributed by atoms with Gasteiger partial charge in [0.05, 0.1) is 24.0 Å². The Morgan fingerprint density at radius 2 is 2.26 bits per heavy atom. The molecular weight excluding hydrogens is 292 g/mol. The normalized spacial score (nSPS) is 21.4. The molecule has 0 aromatic carbocycles. The lowest BCUT2D eigenvalue weighted by molar-refractivity contribution is 0.0176. The van der Waals surface area contributed by atoms with Crippen LogP contribution in [0.4, 0.5) is 5.69 Å². The maximum atomic E-state index is 11.1. The Balaban J connectivity index is 1.89. The Labute approximate surface area is 135 Å². The van der Waals surface area contributed by atoms with Crippen molar-refractivity contribution in [3.63, 3.8) is 0 Å². The van der Waals surface area contributed by atoms with Gasteiger partial charge < -0.3 is 10.0 Å². The number of anilines is 1. The molecule has 1 saturated heterocycles. The van der Waals surface area contributed by atoms with Crippen LogP contribution in [0.15, 0.2) is 24.7 Å². The summed E-state index contributed by atoms with van der Waals surface area (Å²) in [6.07, 6.45) is 6.48. The predicted molar refractivity (Wildman–Crippen MR) is 84.7 cm³/mol. The van der Waals surface area contributed by atoms with E-state index in [-0.39, 0.29) is 6.04 Å². The quantitative estimate of drug-likeness (QED) is 0.926. The number of pyridine rings is 1. The highest BCUT2D eigenvalue weighted by atomic mass is 16.3. The maximum absolute atomic E-state index is 11.1. The lowest BCUT2D eigenvalue weighted by Crippen LogP contribution is -2.46. The molecule has 7 nitrogen and oxygen atoms in total. The van der Waals surface area contributed by atoms with E-state index in [1.54, 1.807) is 17.1 Å². The first-order chi connectivity index (χ1) is 11.0. The van der Waals surface area contributed by atoms with E-state index in [4.69, 9.17) is 0 Å². The van der Waals surface area contributed by atoms with E-state index >= 15 is 0 Å². The van der Waals surface area contributed by atoms with E-state index in [1.165, 1.54) is 0 Å². The molecule has 3 rings (SSSR count). The van der Waals surface area contributed by atoms with E-state index in [0.717, 1.165) is 18.7 Å². The predicted octanol–water partition coefficient (Wildman–Crippen LogP) is 1.61. The van der Waals surface area contributed by atoms with Crippen LogP contribution in [0.5, 0.6) is 0 Å². The van der Waals surface area contributed by atoms with Crippen LogP contribution in [-0.2, 0) is 5.60 Å². The second-order valence-electron chi connectivity index (χ2n) is 6.24. The van der Waals surface area contributed by atoms with Gasteiger partial charge in [-0.1, -0.05) is 5.21 Å². The third-order valence-electron chi connectivity index (χ3n) is 4.25. The van der Waals surface area contributed by atoms with Gasteiger partial charge >= 0.3 is 0 Å². The summed E-state index contributed by atoms with van der Waals surface area (Å²) in [6, 6.07) is 4.17. The molecule has 7 heteroatoms. The molecule has 1 atom stereocenters. The van der Waals surface area contributed by atoms with Gasteiger partial charge in [0, 0.05) is 25.0 Å². The molecule has 0 unspecified atom stereocenters. The first-order valence-corrected chi connectivity index (χ1v) is 7.77. The van der Waals surface area contributed by atoms with Crippen molar-refractivity contribution in [1.29, 1.82) is 5.26 Å². The van der Waals surface area contributed by atoms with Gasteiger partial charge in [0.2, 0.25) is 0 Å². The fraction of sp³-hybridized carbons (Fsp3) is 0.500. The number of aliphatic hydroxyl groups is 1. The number of rotatable bonds is 3. The average molecular weight is 312 g/mol. The summed E-state index contributed by atoms with van der Waals surface area (Å²) in [5.74, 6) is 0. The molecule has 0 aliphatic carbocycles. The van der Waals surface area contributed by atoms with Gasteiger partial charge in [0.25, 0.3) is 0 Å². The molecule has 0 saturated carbocycles. The van der Waals surface area contributed by atoms with Gasteiger partial charge in [-0.15, -0.1) is 5.10 Å². The molecule has 2 aromatic heterocycles. The molecule has 1 N–H and O–H groups in total. The first kappa shape index (κ1) is 15.4. The van der Waals surface area contributed by atoms with Crippen LogP contribution in [-0.4, -0.2) is 38.2 Å². The lowest BCUT2D eigenvalue weighted by Gasteiger charge is -2.39. The van der Waals surface area contributed by atoms with Gasteiger partial charge in [-0.2, -0.15) is 5.26 Å². The smallest absolute Gasteiger partial charge is 0.127 e. The summed E-state index contributed by atoms with van der Waals surface area (Å²) >= 11 is 0. The minimum Gasteiger partial charge on any atom is -0.382 e. The van der Waals surface area contributed by atoms with E-state index in [1.807, 2.05) is 31.0 Å². The van der Waals surface area contributed by atoms with Crippen molar-refractivity contribution >= 4 is 5.69 Å². The van der Waals surface area contributed by atoms with Crippen LogP contribution in [0, 0.1) is 11.3 Å². The van der Waals surface area contributed by atoms with Gasteiger partial charge in [0.15, 0.2) is 0 Å². The fourth-order valence-corrected chi connectivity index (χ4v) is 2.94. The van der Waals surface area contributed by atoms with E-state index in [0.29, 0.717) is 24.2 Å². The minimum atomic E-state index is -1.05. The van der Waals surface area contributed by atoms with Crippen molar-refractivity contribution in [2.45, 2.75) is 38.3 Å². The number of aromatic nitrogens is 4. The van der Waals surface area contributed by atoms with Crippen molar-refractivity contribution in [2.75, 3.05) is 18.0 Å². The Kier molecular flexibility index (Phi) is 4.01. The molecule has 1 fully saturated rings. The topological polar surface area (TPSA) is 90.9 Å². The highest BCUT2D eigenvalue weighted by Crippen LogP contribution is 2.33. The summed E-state index contributed by atoms with van der Waals surface area (Å²) in [7, 11) is 0. The van der Waals surface area contributed by atoms with Crippen LogP contribution in [0.1, 0.15) is 44.0 Å². The summed E-state index contributed by atoms with van der Waals surface area (Å²) in [6.45, 7) is 5.22. The molecular formula is C16H20N6O. The SMILES string of the molecule is CC(C)n1cc([C@@]2(O)CCCN(c3ccncc3C#N)C2)nn1. The van der Waals surface area contributed by atoms with Crippen LogP contribution >= 0.6 is 0 Å². The maximum Gasteiger partial charge on any atom is 0.127 e. The van der Waals surface area contributed by atoms with Crippen LogP contribution in [0.25, 0.3) is 0 Å². The summed E-state index contributed by atoms with van der Waals surface area (Å²) in [4.78, 5) is 6.02. The Morgan fingerprint density at radius 3 is 2.96 bits per heavy atom. The largest absolute Gasteiger partial charge is 0.382 e. The standard InChI is InChI=1S/C16H20N6O/c1-12(2)22-10-15(19-20-22)16(23)5-3-7-21(11-16)14-4-6-18-9-13(14)8-17/h4,6,9-10,12,23H,3,5,7,11H2,1-2H3/t16-/m1/s1. The monoisotopic (exact) mass is 312 g/mol. The van der Waals surface area contributed by atoms with E-state index in [9.17, 15) is 10.4 Å². The van der Waals surface area contributed by atoms with E-state index in [2.05, 4.69) is 21.4 Å². The molecule has 1 aliphatic rings. The van der Waals surface area contributed by atoms with E-state index < -0.39 is 5.60 Å². The molecule has 0 amide bonds. The Bertz CT molecular complexity index is 734. The molecule has 2 aromatic rings. The van der Waals surface area contributed by atoms with Crippen molar-refractivity contribution in [2.24, 2.45) is 0 Å². The van der Waals surface area contributed by atoms with Crippen molar-refractivity contribution < 1.29 is 5.11 Å².